The first-order valence-electron chi connectivity index (χ1n) is 9.65. The highest BCUT2D eigenvalue weighted by atomic mass is 16.2. The van der Waals surface area contributed by atoms with Gasteiger partial charge in [0.15, 0.2) is 0 Å². The van der Waals surface area contributed by atoms with Crippen LogP contribution < -0.4 is 0 Å². The highest BCUT2D eigenvalue weighted by molar-refractivity contribution is 5.92. The average molecular weight is 359 g/mol. The lowest BCUT2D eigenvalue weighted by Crippen LogP contribution is -2.29. The molecular weight excluding hydrogens is 334 g/mol. The molecule has 1 amide bonds. The van der Waals surface area contributed by atoms with Gasteiger partial charge in [-0.15, -0.1) is 0 Å². The van der Waals surface area contributed by atoms with Gasteiger partial charge in [0.1, 0.15) is 5.82 Å². The number of imidazole rings is 1. The number of likely N-dealkylation sites (tertiary alicyclic amines) is 1. The second-order valence-corrected chi connectivity index (χ2v) is 7.48. The number of carbonyl (C=O) groups excluding carboxylic acids is 1. The minimum Gasteiger partial charge on any atom is -0.340 e. The summed E-state index contributed by atoms with van der Waals surface area (Å²) < 4.78 is 0. The predicted octanol–water partition coefficient (Wildman–Crippen LogP) is 5.06. The van der Waals surface area contributed by atoms with E-state index in [4.69, 9.17) is 4.98 Å². The van der Waals surface area contributed by atoms with E-state index in [1.54, 1.807) is 6.08 Å². The SMILES string of the molecule is CC(C)c1ccc(/C=C/C(=O)N2CCC[C@H]2c2nc3ccccc3[nH]2)cc1. The van der Waals surface area contributed by atoms with Crippen LogP contribution in [0.5, 0.6) is 0 Å². The molecule has 1 aromatic heterocycles. The third kappa shape index (κ3) is 3.65. The third-order valence-electron chi connectivity index (χ3n) is 5.28. The molecule has 0 saturated carbocycles. The summed E-state index contributed by atoms with van der Waals surface area (Å²) in [5.41, 5.74) is 4.33. The molecule has 4 nitrogen and oxygen atoms in total. The number of amides is 1. The molecule has 1 saturated heterocycles. The molecule has 1 aliphatic rings. The summed E-state index contributed by atoms with van der Waals surface area (Å²) >= 11 is 0. The van der Waals surface area contributed by atoms with Gasteiger partial charge in [0.05, 0.1) is 17.1 Å². The molecular formula is C23H25N3O. The third-order valence-corrected chi connectivity index (χ3v) is 5.28. The molecule has 1 aliphatic heterocycles. The van der Waals surface area contributed by atoms with Crippen molar-refractivity contribution in [3.05, 3.63) is 71.6 Å². The molecule has 0 unspecified atom stereocenters. The second kappa shape index (κ2) is 7.39. The minimum atomic E-state index is 0.0258. The molecule has 1 N–H and O–H groups in total. The zero-order valence-electron chi connectivity index (χ0n) is 15.9. The van der Waals surface area contributed by atoms with Gasteiger partial charge in [0.25, 0.3) is 0 Å². The Morgan fingerprint density at radius 1 is 1.19 bits per heavy atom. The van der Waals surface area contributed by atoms with Crippen LogP contribution in [0.2, 0.25) is 0 Å². The molecule has 2 heterocycles. The van der Waals surface area contributed by atoms with Crippen molar-refractivity contribution in [2.45, 2.75) is 38.6 Å². The van der Waals surface area contributed by atoms with Crippen LogP contribution in [-0.2, 0) is 4.79 Å². The van der Waals surface area contributed by atoms with Crippen molar-refractivity contribution in [3.63, 3.8) is 0 Å². The molecule has 1 atom stereocenters. The van der Waals surface area contributed by atoms with Crippen molar-refractivity contribution < 1.29 is 4.79 Å². The van der Waals surface area contributed by atoms with E-state index in [2.05, 4.69) is 43.1 Å². The van der Waals surface area contributed by atoms with Crippen molar-refractivity contribution >= 4 is 23.0 Å². The summed E-state index contributed by atoms with van der Waals surface area (Å²) in [7, 11) is 0. The van der Waals surface area contributed by atoms with E-state index in [-0.39, 0.29) is 11.9 Å². The van der Waals surface area contributed by atoms with E-state index < -0.39 is 0 Å². The normalized spacial score (nSPS) is 17.4. The fraction of sp³-hybridized carbons (Fsp3) is 0.304. The fourth-order valence-corrected chi connectivity index (χ4v) is 3.70. The maximum absolute atomic E-state index is 12.8. The number of aromatic nitrogens is 2. The van der Waals surface area contributed by atoms with Gasteiger partial charge >= 0.3 is 0 Å². The molecule has 0 radical (unpaired) electrons. The minimum absolute atomic E-state index is 0.0258. The average Bonchev–Trinajstić information content (AvgIpc) is 3.32. The molecule has 138 valence electrons. The van der Waals surface area contributed by atoms with E-state index in [1.807, 2.05) is 35.2 Å². The number of nitrogens with zero attached hydrogens (tertiary/aromatic N) is 2. The van der Waals surface area contributed by atoms with Gasteiger partial charge in [-0.05, 0) is 48.1 Å². The van der Waals surface area contributed by atoms with Crippen LogP contribution in [-0.4, -0.2) is 27.3 Å². The fourth-order valence-electron chi connectivity index (χ4n) is 3.70. The van der Waals surface area contributed by atoms with Gasteiger partial charge < -0.3 is 9.88 Å². The molecule has 3 aromatic rings. The van der Waals surface area contributed by atoms with Gasteiger partial charge in [-0.3, -0.25) is 4.79 Å². The van der Waals surface area contributed by atoms with E-state index >= 15 is 0 Å². The molecule has 0 aliphatic carbocycles. The summed E-state index contributed by atoms with van der Waals surface area (Å²) in [5.74, 6) is 1.45. The van der Waals surface area contributed by atoms with Crippen LogP contribution in [0.15, 0.2) is 54.6 Å². The Morgan fingerprint density at radius 3 is 2.70 bits per heavy atom. The number of benzene rings is 2. The summed E-state index contributed by atoms with van der Waals surface area (Å²) in [5, 5.41) is 0. The van der Waals surface area contributed by atoms with Gasteiger partial charge in [-0.1, -0.05) is 50.2 Å². The number of rotatable bonds is 4. The first-order chi connectivity index (χ1) is 13.1. The predicted molar refractivity (Wildman–Crippen MR) is 109 cm³/mol. The monoisotopic (exact) mass is 359 g/mol. The Hall–Kier alpha value is -2.88. The maximum atomic E-state index is 12.8. The van der Waals surface area contributed by atoms with Crippen LogP contribution in [0.3, 0.4) is 0 Å². The van der Waals surface area contributed by atoms with E-state index in [0.717, 1.165) is 41.8 Å². The van der Waals surface area contributed by atoms with Crippen molar-refractivity contribution in [2.24, 2.45) is 0 Å². The zero-order chi connectivity index (χ0) is 18.8. The highest BCUT2D eigenvalue weighted by Crippen LogP contribution is 2.31. The number of fused-ring (bicyclic) bond motifs is 1. The highest BCUT2D eigenvalue weighted by Gasteiger charge is 2.31. The Bertz CT molecular complexity index is 936. The quantitative estimate of drug-likeness (QED) is 0.662. The summed E-state index contributed by atoms with van der Waals surface area (Å²) in [4.78, 5) is 22.8. The van der Waals surface area contributed by atoms with Crippen molar-refractivity contribution in [1.29, 1.82) is 0 Å². The number of carbonyl (C=O) groups is 1. The van der Waals surface area contributed by atoms with Crippen molar-refractivity contribution in [3.8, 4) is 0 Å². The number of nitrogens with one attached hydrogen (secondary N) is 1. The van der Waals surface area contributed by atoms with Crippen LogP contribution in [0.1, 0.15) is 55.6 Å². The Kier molecular flexibility index (Phi) is 4.80. The first kappa shape index (κ1) is 17.5. The van der Waals surface area contributed by atoms with Crippen LogP contribution in [0.4, 0.5) is 0 Å². The van der Waals surface area contributed by atoms with Gasteiger partial charge in [0.2, 0.25) is 5.91 Å². The van der Waals surface area contributed by atoms with Crippen molar-refractivity contribution in [2.75, 3.05) is 6.54 Å². The molecule has 4 heteroatoms. The summed E-state index contributed by atoms with van der Waals surface area (Å²) in [6.07, 6.45) is 5.54. The summed E-state index contributed by atoms with van der Waals surface area (Å²) in [6.45, 7) is 5.14. The van der Waals surface area contributed by atoms with Crippen molar-refractivity contribution in [1.82, 2.24) is 14.9 Å². The standard InChI is InChI=1S/C23H25N3O/c1-16(2)18-12-9-17(10-13-18)11-14-22(27)26-15-5-8-21(26)23-24-19-6-3-4-7-20(19)25-23/h3-4,6-7,9-14,16,21H,5,8,15H2,1-2H3,(H,24,25)/b14-11+/t21-/m0/s1. The Morgan fingerprint density at radius 2 is 1.96 bits per heavy atom. The Balaban J connectivity index is 1.50. The maximum Gasteiger partial charge on any atom is 0.247 e. The van der Waals surface area contributed by atoms with E-state index in [1.165, 1.54) is 5.56 Å². The number of H-pyrrole nitrogens is 1. The van der Waals surface area contributed by atoms with Crippen LogP contribution >= 0.6 is 0 Å². The molecule has 4 rings (SSSR count). The topological polar surface area (TPSA) is 49.0 Å². The van der Waals surface area contributed by atoms with Crippen LogP contribution in [0.25, 0.3) is 17.1 Å². The van der Waals surface area contributed by atoms with E-state index in [0.29, 0.717) is 5.92 Å². The van der Waals surface area contributed by atoms with Gasteiger partial charge in [-0.25, -0.2) is 4.98 Å². The molecule has 0 spiro atoms. The lowest BCUT2D eigenvalue weighted by atomic mass is 10.0. The summed E-state index contributed by atoms with van der Waals surface area (Å²) in [6, 6.07) is 16.4. The second-order valence-electron chi connectivity index (χ2n) is 7.48. The Labute approximate surface area is 159 Å². The number of hydrogen-bond acceptors (Lipinski definition) is 2. The molecule has 2 aromatic carbocycles. The first-order valence-corrected chi connectivity index (χ1v) is 9.65. The van der Waals surface area contributed by atoms with Crippen LogP contribution in [0, 0.1) is 0 Å². The van der Waals surface area contributed by atoms with Gasteiger partial charge in [0, 0.05) is 12.6 Å². The number of aromatic amines is 1. The smallest absolute Gasteiger partial charge is 0.247 e. The number of hydrogen-bond donors (Lipinski definition) is 1. The molecule has 27 heavy (non-hydrogen) atoms. The van der Waals surface area contributed by atoms with E-state index in [9.17, 15) is 4.79 Å². The lowest BCUT2D eigenvalue weighted by molar-refractivity contribution is -0.126. The molecule has 0 bridgehead atoms. The lowest BCUT2D eigenvalue weighted by Gasteiger charge is -2.21. The zero-order valence-corrected chi connectivity index (χ0v) is 15.9. The molecule has 1 fully saturated rings. The largest absolute Gasteiger partial charge is 0.340 e. The number of para-hydroxylation sites is 2. The van der Waals surface area contributed by atoms with Gasteiger partial charge in [-0.2, -0.15) is 0 Å².